The average molecular weight is 244 g/mol. The Bertz CT molecular complexity index is 442. The number of hydrogen-bond acceptors (Lipinski definition) is 2. The molecule has 0 radical (unpaired) electrons. The molecule has 94 valence electrons. The van der Waals surface area contributed by atoms with Crippen LogP contribution in [0.1, 0.15) is 23.1 Å². The molecule has 0 saturated carbocycles. The van der Waals surface area contributed by atoms with E-state index in [9.17, 15) is 13.6 Å². The Labute approximate surface area is 98.0 Å². The van der Waals surface area contributed by atoms with Gasteiger partial charge >= 0.3 is 5.97 Å². The van der Waals surface area contributed by atoms with E-state index in [0.717, 1.165) is 0 Å². The van der Waals surface area contributed by atoms with Crippen LogP contribution >= 0.6 is 0 Å². The first-order chi connectivity index (χ1) is 7.77. The molecule has 0 saturated heterocycles. The Kier molecular flexibility index (Phi) is 3.70. The second kappa shape index (κ2) is 4.69. The molecule has 17 heavy (non-hydrogen) atoms. The highest BCUT2D eigenvalue weighted by atomic mass is 19.3. The van der Waals surface area contributed by atoms with Crippen LogP contribution in [0.5, 0.6) is 5.75 Å². The summed E-state index contributed by atoms with van der Waals surface area (Å²) < 4.78 is 32.4. The number of carboxylic acids is 1. The lowest BCUT2D eigenvalue weighted by molar-refractivity contribution is -0.145. The second-order valence-electron chi connectivity index (χ2n) is 3.94. The Balaban J connectivity index is 3.33. The molecule has 1 aromatic rings. The molecule has 5 heteroatoms. The number of aliphatic carboxylic acids is 1. The summed E-state index contributed by atoms with van der Waals surface area (Å²) in [5.74, 6) is -4.94. The van der Waals surface area contributed by atoms with Crippen molar-refractivity contribution < 1.29 is 23.4 Å². The van der Waals surface area contributed by atoms with Gasteiger partial charge in [0.25, 0.3) is 5.92 Å². The number of rotatable bonds is 4. The lowest BCUT2D eigenvalue weighted by Crippen LogP contribution is -2.20. The molecule has 0 fully saturated rings. The Hall–Kier alpha value is -1.65. The van der Waals surface area contributed by atoms with Crippen LogP contribution in [0.4, 0.5) is 8.78 Å². The largest absolute Gasteiger partial charge is 0.496 e. The predicted octanol–water partition coefficient (Wildman–Crippen LogP) is 2.88. The van der Waals surface area contributed by atoms with Crippen LogP contribution in [0, 0.1) is 13.8 Å². The number of carboxylic acid groups (broad SMARTS) is 1. The quantitative estimate of drug-likeness (QED) is 0.885. The molecule has 1 N–H and O–H groups in total. The van der Waals surface area contributed by atoms with Crippen LogP contribution < -0.4 is 4.74 Å². The second-order valence-corrected chi connectivity index (χ2v) is 3.94. The van der Waals surface area contributed by atoms with Gasteiger partial charge in [0.2, 0.25) is 0 Å². The Morgan fingerprint density at radius 3 is 2.47 bits per heavy atom. The average Bonchev–Trinajstić information content (AvgIpc) is 2.14. The van der Waals surface area contributed by atoms with Gasteiger partial charge < -0.3 is 9.84 Å². The Morgan fingerprint density at radius 1 is 1.41 bits per heavy atom. The fourth-order valence-corrected chi connectivity index (χ4v) is 1.78. The molecule has 0 aliphatic carbocycles. The lowest BCUT2D eigenvalue weighted by Gasteiger charge is -2.20. The van der Waals surface area contributed by atoms with E-state index in [2.05, 4.69) is 0 Å². The van der Waals surface area contributed by atoms with Gasteiger partial charge in [-0.2, -0.15) is 0 Å². The first-order valence-electron chi connectivity index (χ1n) is 5.03. The minimum absolute atomic E-state index is 0.0434. The number of aryl methyl sites for hydroxylation is 2. The number of halogens is 2. The van der Waals surface area contributed by atoms with Gasteiger partial charge in [-0.3, -0.25) is 4.79 Å². The van der Waals surface area contributed by atoms with Crippen molar-refractivity contribution in [1.29, 1.82) is 0 Å². The highest BCUT2D eigenvalue weighted by Crippen LogP contribution is 2.39. The standard InChI is InChI=1S/C12H14F2O3/c1-7-4-8(2)11(17-3)9(5-7)12(13,14)6-10(15)16/h4-5H,6H2,1-3H3,(H,15,16). The summed E-state index contributed by atoms with van der Waals surface area (Å²) in [6, 6.07) is 2.97. The van der Waals surface area contributed by atoms with Crippen molar-refractivity contribution in [3.05, 3.63) is 28.8 Å². The minimum atomic E-state index is -3.44. The van der Waals surface area contributed by atoms with E-state index in [1.165, 1.54) is 13.2 Å². The van der Waals surface area contributed by atoms with Gasteiger partial charge in [0.1, 0.15) is 12.2 Å². The van der Waals surface area contributed by atoms with E-state index in [4.69, 9.17) is 9.84 Å². The third-order valence-electron chi connectivity index (χ3n) is 2.39. The summed E-state index contributed by atoms with van der Waals surface area (Å²) in [4.78, 5) is 10.4. The van der Waals surface area contributed by atoms with Crippen molar-refractivity contribution >= 4 is 5.97 Å². The number of benzene rings is 1. The zero-order chi connectivity index (χ0) is 13.2. The summed E-state index contributed by atoms with van der Waals surface area (Å²) in [5, 5.41) is 8.49. The monoisotopic (exact) mass is 244 g/mol. The van der Waals surface area contributed by atoms with Crippen LogP contribution in [-0.2, 0) is 10.7 Å². The lowest BCUT2D eigenvalue weighted by atomic mass is 9.98. The maximum absolute atomic E-state index is 13.8. The van der Waals surface area contributed by atoms with Crippen molar-refractivity contribution in [3.8, 4) is 5.75 Å². The molecule has 0 amide bonds. The maximum atomic E-state index is 13.8. The molecule has 0 atom stereocenters. The predicted molar refractivity (Wildman–Crippen MR) is 58.6 cm³/mol. The first kappa shape index (κ1) is 13.4. The van der Waals surface area contributed by atoms with Crippen molar-refractivity contribution in [1.82, 2.24) is 0 Å². The molecular formula is C12H14F2O3. The Morgan fingerprint density at radius 2 is 2.00 bits per heavy atom. The molecule has 0 aliphatic heterocycles. The molecule has 1 aromatic carbocycles. The van der Waals surface area contributed by atoms with Crippen LogP contribution in [0.2, 0.25) is 0 Å². The number of hydrogen-bond donors (Lipinski definition) is 1. The SMILES string of the molecule is COc1c(C)cc(C)cc1C(F)(F)CC(=O)O. The topological polar surface area (TPSA) is 46.5 Å². The van der Waals surface area contributed by atoms with E-state index in [1.54, 1.807) is 19.9 Å². The minimum Gasteiger partial charge on any atom is -0.496 e. The third-order valence-corrected chi connectivity index (χ3v) is 2.39. The van der Waals surface area contributed by atoms with Gasteiger partial charge in [-0.05, 0) is 25.5 Å². The highest BCUT2D eigenvalue weighted by Gasteiger charge is 2.38. The zero-order valence-electron chi connectivity index (χ0n) is 9.88. The molecule has 0 aliphatic rings. The van der Waals surface area contributed by atoms with Crippen molar-refractivity contribution in [2.45, 2.75) is 26.2 Å². The van der Waals surface area contributed by atoms with Gasteiger partial charge in [0, 0.05) is 0 Å². The number of alkyl halides is 2. The molecule has 1 rings (SSSR count). The fourth-order valence-electron chi connectivity index (χ4n) is 1.78. The molecule has 0 unspecified atom stereocenters. The van der Waals surface area contributed by atoms with Crippen molar-refractivity contribution in [3.63, 3.8) is 0 Å². The summed E-state index contributed by atoms with van der Waals surface area (Å²) in [7, 11) is 1.29. The van der Waals surface area contributed by atoms with Gasteiger partial charge in [0.15, 0.2) is 0 Å². The zero-order valence-corrected chi connectivity index (χ0v) is 9.88. The summed E-state index contributed by atoms with van der Waals surface area (Å²) in [5.41, 5.74) is 0.829. The highest BCUT2D eigenvalue weighted by molar-refractivity contribution is 5.68. The summed E-state index contributed by atoms with van der Waals surface area (Å²) in [6.45, 7) is 3.32. The molecule has 0 bridgehead atoms. The van der Waals surface area contributed by atoms with Gasteiger partial charge in [-0.25, -0.2) is 8.78 Å². The molecule has 0 aromatic heterocycles. The maximum Gasteiger partial charge on any atom is 0.309 e. The normalized spacial score (nSPS) is 11.4. The third kappa shape index (κ3) is 2.93. The molecule has 0 spiro atoms. The summed E-state index contributed by atoms with van der Waals surface area (Å²) in [6.07, 6.45) is -1.24. The fraction of sp³-hybridized carbons (Fsp3) is 0.417. The van der Waals surface area contributed by atoms with E-state index < -0.39 is 18.3 Å². The van der Waals surface area contributed by atoms with Gasteiger partial charge in [-0.1, -0.05) is 11.6 Å². The molecular weight excluding hydrogens is 230 g/mol. The first-order valence-corrected chi connectivity index (χ1v) is 5.03. The van der Waals surface area contributed by atoms with Crippen LogP contribution in [0.25, 0.3) is 0 Å². The van der Waals surface area contributed by atoms with Crippen molar-refractivity contribution in [2.24, 2.45) is 0 Å². The van der Waals surface area contributed by atoms with Gasteiger partial charge in [0.05, 0.1) is 12.7 Å². The number of ether oxygens (including phenoxy) is 1. The van der Waals surface area contributed by atoms with E-state index in [1.807, 2.05) is 0 Å². The van der Waals surface area contributed by atoms with E-state index in [-0.39, 0.29) is 11.3 Å². The van der Waals surface area contributed by atoms with Crippen LogP contribution in [0.15, 0.2) is 12.1 Å². The van der Waals surface area contributed by atoms with E-state index >= 15 is 0 Å². The molecule has 0 heterocycles. The number of carbonyl (C=O) groups is 1. The number of methoxy groups -OCH3 is 1. The smallest absolute Gasteiger partial charge is 0.309 e. The van der Waals surface area contributed by atoms with Gasteiger partial charge in [-0.15, -0.1) is 0 Å². The molecule has 3 nitrogen and oxygen atoms in total. The van der Waals surface area contributed by atoms with Crippen molar-refractivity contribution in [2.75, 3.05) is 7.11 Å². The van der Waals surface area contributed by atoms with Crippen LogP contribution in [0.3, 0.4) is 0 Å². The van der Waals surface area contributed by atoms with E-state index in [0.29, 0.717) is 11.1 Å². The van der Waals surface area contributed by atoms with Crippen LogP contribution in [-0.4, -0.2) is 18.2 Å². The summed E-state index contributed by atoms with van der Waals surface area (Å²) >= 11 is 0.